The molecule has 3 aromatic heterocycles. The summed E-state index contributed by atoms with van der Waals surface area (Å²) in [7, 11) is -0.677. The molecule has 2 N–H and O–H groups in total. The largest absolute Gasteiger partial charge is 0.445 e. The molecular weight excluding hydrogens is 593 g/mol. The Hall–Kier alpha value is -2.82. The summed E-state index contributed by atoms with van der Waals surface area (Å²) in [5.41, 5.74) is 0.654. The normalized spacial score (nSPS) is 22.0. The Morgan fingerprint density at radius 1 is 1.19 bits per heavy atom. The first-order valence-electron chi connectivity index (χ1n) is 13.7. The van der Waals surface area contributed by atoms with Gasteiger partial charge in [0.15, 0.2) is 10.7 Å². The number of sulfonamides is 1. The fourth-order valence-electron chi connectivity index (χ4n) is 5.42. The van der Waals surface area contributed by atoms with Gasteiger partial charge in [-0.3, -0.25) is 14.5 Å². The molecule has 2 saturated carbocycles. The zero-order valence-corrected chi connectivity index (χ0v) is 25.5. The van der Waals surface area contributed by atoms with Crippen molar-refractivity contribution >= 4 is 38.6 Å². The first-order chi connectivity index (χ1) is 19.5. The molecule has 0 bridgehead atoms. The van der Waals surface area contributed by atoms with Crippen LogP contribution in [0, 0.1) is 0 Å². The van der Waals surface area contributed by atoms with Gasteiger partial charge in [0.1, 0.15) is 16.6 Å². The quantitative estimate of drug-likeness (QED) is 0.410. The maximum atomic E-state index is 13.7. The summed E-state index contributed by atoms with van der Waals surface area (Å²) in [5.74, 6) is -0.121. The van der Waals surface area contributed by atoms with Gasteiger partial charge in [0.2, 0.25) is 20.9 Å². The van der Waals surface area contributed by atoms with Crippen molar-refractivity contribution in [3.8, 4) is 10.7 Å². The van der Waals surface area contributed by atoms with Gasteiger partial charge in [0, 0.05) is 50.4 Å². The number of nitrogens with one attached hydrogen (secondary N) is 2. The van der Waals surface area contributed by atoms with Crippen LogP contribution in [-0.2, 0) is 21.0 Å². The van der Waals surface area contributed by atoms with Gasteiger partial charge in [-0.2, -0.15) is 13.2 Å². The first-order valence-corrected chi connectivity index (χ1v) is 16.0. The first kappa shape index (κ1) is 29.3. The van der Waals surface area contributed by atoms with Crippen molar-refractivity contribution in [2.75, 3.05) is 32.1 Å². The van der Waals surface area contributed by atoms with Crippen molar-refractivity contribution in [2.24, 2.45) is 0 Å². The van der Waals surface area contributed by atoms with E-state index in [1.165, 1.54) is 11.1 Å². The molecule has 16 heteroatoms. The number of likely N-dealkylation sites (N-methyl/N-ethyl adjacent to an activating group) is 1. The van der Waals surface area contributed by atoms with E-state index in [-0.39, 0.29) is 28.3 Å². The maximum Gasteiger partial charge on any atom is 0.445 e. The number of carbonyl (C=O) groups is 1. The number of halogens is 3. The molecule has 0 unspecified atom stereocenters. The molecule has 0 aromatic carbocycles. The van der Waals surface area contributed by atoms with E-state index < -0.39 is 38.3 Å². The number of hydrogen-bond donors (Lipinski definition) is 2. The second kappa shape index (κ2) is 9.59. The molecule has 228 valence electrons. The summed E-state index contributed by atoms with van der Waals surface area (Å²) < 4.78 is 72.2. The minimum absolute atomic E-state index is 0.0112. The summed E-state index contributed by atoms with van der Waals surface area (Å²) in [6.07, 6.45) is -0.237. The fraction of sp³-hybridized carbons (Fsp3) is 0.615. The highest BCUT2D eigenvalue weighted by atomic mass is 32.2. The van der Waals surface area contributed by atoms with E-state index in [4.69, 9.17) is 4.98 Å². The molecule has 1 atom stereocenters. The highest BCUT2D eigenvalue weighted by Crippen LogP contribution is 2.47. The standard InChI is InChI=1S/C26H33F3N8O3S2/c1-24(2)13-36(12-16(31-24)22(38)35(4)5)17-10-15(42(39,40)34-25(3)8-9-25)11-37-19(18(14-6-7-14)30-20(17)37)21-32-33-23(41-21)26(27,28)29/h10-11,14,16,31,34H,6-9,12-13H2,1-5H3/t16-/m1/s1. The Labute approximate surface area is 245 Å². The topological polar surface area (TPSA) is 125 Å². The van der Waals surface area contributed by atoms with E-state index in [9.17, 15) is 26.4 Å². The second-order valence-corrected chi connectivity index (χ2v) is 15.3. The van der Waals surface area contributed by atoms with Crippen molar-refractivity contribution in [2.45, 2.75) is 80.6 Å². The summed E-state index contributed by atoms with van der Waals surface area (Å²) in [5, 5.41) is 9.57. The highest BCUT2D eigenvalue weighted by Gasteiger charge is 2.43. The van der Waals surface area contributed by atoms with Crippen LogP contribution in [0.5, 0.6) is 0 Å². The predicted molar refractivity (Wildman–Crippen MR) is 151 cm³/mol. The Bertz CT molecular complexity index is 1670. The Morgan fingerprint density at radius 3 is 2.45 bits per heavy atom. The summed E-state index contributed by atoms with van der Waals surface area (Å²) in [6, 6.07) is 0.971. The number of pyridine rings is 1. The van der Waals surface area contributed by atoms with Crippen LogP contribution in [0.15, 0.2) is 17.2 Å². The van der Waals surface area contributed by atoms with Gasteiger partial charge in [0.05, 0.1) is 11.4 Å². The zero-order valence-electron chi connectivity index (χ0n) is 23.9. The summed E-state index contributed by atoms with van der Waals surface area (Å²) >= 11 is 0.407. The average molecular weight is 627 g/mol. The number of aromatic nitrogens is 4. The summed E-state index contributed by atoms with van der Waals surface area (Å²) in [6.45, 7) is 6.40. The maximum absolute atomic E-state index is 13.7. The molecule has 2 aliphatic carbocycles. The molecule has 3 aromatic rings. The number of carbonyl (C=O) groups excluding carboxylic acids is 1. The molecule has 42 heavy (non-hydrogen) atoms. The van der Waals surface area contributed by atoms with Gasteiger partial charge < -0.3 is 9.80 Å². The third kappa shape index (κ3) is 5.49. The third-order valence-corrected chi connectivity index (χ3v) is 10.4. The number of hydrogen-bond acceptors (Lipinski definition) is 9. The van der Waals surface area contributed by atoms with Crippen molar-refractivity contribution in [1.82, 2.24) is 34.5 Å². The van der Waals surface area contributed by atoms with Gasteiger partial charge in [0.25, 0.3) is 0 Å². The number of rotatable bonds is 7. The van der Waals surface area contributed by atoms with Crippen LogP contribution < -0.4 is 14.9 Å². The number of amides is 1. The number of piperazine rings is 1. The SMILES string of the molecule is CN(C)C(=O)[C@H]1CN(c2cc(S(=O)(=O)NC3(C)CC3)cn3c(-c4nnc(C(F)(F)F)s4)c(C4CC4)nc23)CC(C)(C)N1. The number of alkyl halides is 3. The lowest BCUT2D eigenvalue weighted by Crippen LogP contribution is -2.66. The van der Waals surface area contributed by atoms with Gasteiger partial charge >= 0.3 is 6.18 Å². The van der Waals surface area contributed by atoms with Crippen molar-refractivity contribution in [3.63, 3.8) is 0 Å². The number of fused-ring (bicyclic) bond motifs is 1. The van der Waals surface area contributed by atoms with Gasteiger partial charge in [-0.25, -0.2) is 18.1 Å². The Morgan fingerprint density at radius 2 is 1.88 bits per heavy atom. The summed E-state index contributed by atoms with van der Waals surface area (Å²) in [4.78, 5) is 21.3. The molecule has 3 fully saturated rings. The molecule has 1 aliphatic heterocycles. The molecule has 0 spiro atoms. The predicted octanol–water partition coefficient (Wildman–Crippen LogP) is 3.22. The van der Waals surface area contributed by atoms with Gasteiger partial charge in [-0.05, 0) is 52.5 Å². The van der Waals surface area contributed by atoms with Crippen molar-refractivity contribution in [1.29, 1.82) is 0 Å². The Balaban J connectivity index is 1.57. The van der Waals surface area contributed by atoms with E-state index in [0.29, 0.717) is 53.4 Å². The number of nitrogens with zero attached hydrogens (tertiary/aromatic N) is 6. The zero-order chi connectivity index (χ0) is 30.4. The molecule has 1 amide bonds. The lowest BCUT2D eigenvalue weighted by molar-refractivity contribution is -0.138. The van der Waals surface area contributed by atoms with E-state index in [1.807, 2.05) is 25.7 Å². The lowest BCUT2D eigenvalue weighted by atomic mass is 9.97. The van der Waals surface area contributed by atoms with Crippen molar-refractivity contribution < 1.29 is 26.4 Å². The Kier molecular flexibility index (Phi) is 6.68. The average Bonchev–Trinajstić information content (AvgIpc) is 3.75. The van der Waals surface area contributed by atoms with Crippen LogP contribution >= 0.6 is 11.3 Å². The third-order valence-electron chi connectivity index (χ3n) is 7.86. The lowest BCUT2D eigenvalue weighted by Gasteiger charge is -2.44. The molecule has 6 rings (SSSR count). The monoisotopic (exact) mass is 626 g/mol. The molecule has 4 heterocycles. The molecule has 11 nitrogen and oxygen atoms in total. The van der Waals surface area contributed by atoms with Gasteiger partial charge in [-0.15, -0.1) is 10.2 Å². The van der Waals surface area contributed by atoms with Gasteiger partial charge in [-0.1, -0.05) is 11.3 Å². The van der Waals surface area contributed by atoms with Crippen LogP contribution in [0.2, 0.25) is 0 Å². The highest BCUT2D eigenvalue weighted by molar-refractivity contribution is 7.89. The molecular formula is C26H33F3N8O3S2. The van der Waals surface area contributed by atoms with E-state index in [0.717, 1.165) is 12.8 Å². The second-order valence-electron chi connectivity index (χ2n) is 12.6. The van der Waals surface area contributed by atoms with Crippen molar-refractivity contribution in [3.05, 3.63) is 23.0 Å². The minimum atomic E-state index is -4.67. The smallest absolute Gasteiger partial charge is 0.365 e. The molecule has 0 radical (unpaired) electrons. The van der Waals surface area contributed by atoms with Crippen LogP contribution in [-0.4, -0.2) is 83.1 Å². The minimum Gasteiger partial charge on any atom is -0.365 e. The number of imidazole rings is 1. The van der Waals surface area contributed by atoms with Crippen LogP contribution in [0.4, 0.5) is 18.9 Å². The number of anilines is 1. The van der Waals surface area contributed by atoms with E-state index in [1.54, 1.807) is 24.6 Å². The fourth-order valence-corrected chi connectivity index (χ4v) is 7.66. The van der Waals surface area contributed by atoms with Crippen LogP contribution in [0.3, 0.4) is 0 Å². The van der Waals surface area contributed by atoms with E-state index >= 15 is 0 Å². The van der Waals surface area contributed by atoms with E-state index in [2.05, 4.69) is 20.2 Å². The van der Waals surface area contributed by atoms with Crippen LogP contribution in [0.1, 0.15) is 63.1 Å². The molecule has 1 saturated heterocycles. The van der Waals surface area contributed by atoms with Crippen LogP contribution in [0.25, 0.3) is 16.3 Å². The molecule has 3 aliphatic rings.